The normalized spacial score (nSPS) is 17.0. The molecule has 0 bridgehead atoms. The first-order valence-corrected chi connectivity index (χ1v) is 7.68. The Morgan fingerprint density at radius 2 is 1.77 bits per heavy atom. The molecule has 0 saturated carbocycles. The number of benzene rings is 1. The Morgan fingerprint density at radius 1 is 1.05 bits per heavy atom. The molecule has 0 spiro atoms. The van der Waals surface area contributed by atoms with E-state index in [0.717, 1.165) is 37.1 Å². The summed E-state index contributed by atoms with van der Waals surface area (Å²) in [6.45, 7) is 3.07. The number of halogens is 4. The number of hydrogen-bond acceptors (Lipinski definition) is 3. The summed E-state index contributed by atoms with van der Waals surface area (Å²) in [5.74, 6) is -3.64. The van der Waals surface area contributed by atoms with Crippen LogP contribution in [0.4, 0.5) is 13.2 Å². The van der Waals surface area contributed by atoms with Crippen molar-refractivity contribution in [3.63, 3.8) is 0 Å². The molecule has 7 heteroatoms. The highest BCUT2D eigenvalue weighted by Gasteiger charge is 2.29. The van der Waals surface area contributed by atoms with Crippen molar-refractivity contribution in [1.82, 2.24) is 10.2 Å². The van der Waals surface area contributed by atoms with Crippen LogP contribution in [0, 0.1) is 17.5 Å². The van der Waals surface area contributed by atoms with E-state index >= 15 is 0 Å². The van der Waals surface area contributed by atoms with E-state index in [1.807, 2.05) is 17.5 Å². The molecular formula is C15H16ClF3N2S. The van der Waals surface area contributed by atoms with Crippen molar-refractivity contribution >= 4 is 23.7 Å². The fraction of sp³-hybridized carbons (Fsp3) is 0.333. The van der Waals surface area contributed by atoms with E-state index < -0.39 is 17.5 Å². The van der Waals surface area contributed by atoms with E-state index in [-0.39, 0.29) is 24.0 Å². The molecule has 1 aromatic carbocycles. The zero-order chi connectivity index (χ0) is 14.8. The summed E-state index contributed by atoms with van der Waals surface area (Å²) < 4.78 is 41.0. The number of nitrogens with zero attached hydrogens (tertiary/aromatic N) is 1. The van der Waals surface area contributed by atoms with Gasteiger partial charge in [-0.1, -0.05) is 12.1 Å². The van der Waals surface area contributed by atoms with E-state index in [4.69, 9.17) is 0 Å². The summed E-state index contributed by atoms with van der Waals surface area (Å²) in [7, 11) is 0. The van der Waals surface area contributed by atoms with Crippen molar-refractivity contribution in [3.05, 3.63) is 57.5 Å². The van der Waals surface area contributed by atoms with Gasteiger partial charge >= 0.3 is 0 Å². The first kappa shape index (κ1) is 17.3. The molecule has 2 aromatic rings. The molecule has 1 N–H and O–H groups in total. The van der Waals surface area contributed by atoms with Gasteiger partial charge in [0.2, 0.25) is 0 Å². The minimum atomic E-state index is -1.40. The fourth-order valence-corrected chi connectivity index (χ4v) is 3.55. The van der Waals surface area contributed by atoms with Gasteiger partial charge in [0.15, 0.2) is 17.5 Å². The third-order valence-corrected chi connectivity index (χ3v) is 4.61. The van der Waals surface area contributed by atoms with Crippen molar-refractivity contribution < 1.29 is 13.2 Å². The van der Waals surface area contributed by atoms with Crippen LogP contribution in [0.5, 0.6) is 0 Å². The van der Waals surface area contributed by atoms with E-state index in [1.54, 1.807) is 0 Å². The zero-order valence-electron chi connectivity index (χ0n) is 11.7. The number of thiophene rings is 1. The third-order valence-electron chi connectivity index (χ3n) is 3.69. The van der Waals surface area contributed by atoms with Gasteiger partial charge in [-0.15, -0.1) is 23.7 Å². The Balaban J connectivity index is 0.00000176. The topological polar surface area (TPSA) is 15.3 Å². The maximum Gasteiger partial charge on any atom is 0.194 e. The monoisotopic (exact) mass is 348 g/mol. The molecule has 2 nitrogen and oxygen atoms in total. The van der Waals surface area contributed by atoms with Crippen molar-refractivity contribution in [2.24, 2.45) is 0 Å². The molecular weight excluding hydrogens is 333 g/mol. The SMILES string of the molecule is Cl.Fc1ccc([C@@H](c2cccs2)N2CCNCC2)c(F)c1F. The minimum Gasteiger partial charge on any atom is -0.314 e. The first-order chi connectivity index (χ1) is 10.2. The minimum absolute atomic E-state index is 0. The first-order valence-electron chi connectivity index (χ1n) is 6.80. The van der Waals surface area contributed by atoms with Crippen LogP contribution in [-0.4, -0.2) is 31.1 Å². The highest BCUT2D eigenvalue weighted by molar-refractivity contribution is 7.10. The van der Waals surface area contributed by atoms with E-state index in [9.17, 15) is 13.2 Å². The Bertz CT molecular complexity index is 616. The smallest absolute Gasteiger partial charge is 0.194 e. The summed E-state index contributed by atoms with van der Waals surface area (Å²) in [6, 6.07) is 5.75. The molecule has 0 unspecified atom stereocenters. The molecule has 1 atom stereocenters. The average molecular weight is 349 g/mol. The Morgan fingerprint density at radius 3 is 2.41 bits per heavy atom. The summed E-state index contributed by atoms with van der Waals surface area (Å²) in [6.07, 6.45) is 0. The van der Waals surface area contributed by atoms with Gasteiger partial charge in [0.1, 0.15) is 0 Å². The molecule has 0 aliphatic carbocycles. The summed E-state index contributed by atoms with van der Waals surface area (Å²) >= 11 is 1.49. The molecule has 120 valence electrons. The number of piperazine rings is 1. The highest BCUT2D eigenvalue weighted by Crippen LogP contribution is 2.34. The van der Waals surface area contributed by atoms with Gasteiger partial charge in [-0.3, -0.25) is 4.90 Å². The highest BCUT2D eigenvalue weighted by atomic mass is 35.5. The maximum atomic E-state index is 14.2. The second-order valence-electron chi connectivity index (χ2n) is 4.97. The predicted molar refractivity (Wildman–Crippen MR) is 84.2 cm³/mol. The van der Waals surface area contributed by atoms with Crippen LogP contribution in [-0.2, 0) is 0 Å². The summed E-state index contributed by atoms with van der Waals surface area (Å²) in [5, 5.41) is 5.14. The molecule has 1 fully saturated rings. The van der Waals surface area contributed by atoms with Crippen LogP contribution in [0.2, 0.25) is 0 Å². The van der Waals surface area contributed by atoms with Gasteiger partial charge in [0.05, 0.1) is 6.04 Å². The van der Waals surface area contributed by atoms with E-state index in [2.05, 4.69) is 10.2 Å². The van der Waals surface area contributed by atoms with Gasteiger partial charge < -0.3 is 5.32 Å². The van der Waals surface area contributed by atoms with Gasteiger partial charge in [-0.25, -0.2) is 13.2 Å². The molecule has 3 rings (SSSR count). The second kappa shape index (κ2) is 7.46. The number of nitrogens with one attached hydrogen (secondary N) is 1. The molecule has 0 amide bonds. The van der Waals surface area contributed by atoms with Crippen molar-refractivity contribution in [2.75, 3.05) is 26.2 Å². The number of rotatable bonds is 3. The average Bonchev–Trinajstić information content (AvgIpc) is 3.03. The molecule has 0 radical (unpaired) electrons. The van der Waals surface area contributed by atoms with Crippen molar-refractivity contribution in [1.29, 1.82) is 0 Å². The summed E-state index contributed by atoms with van der Waals surface area (Å²) in [5.41, 5.74) is 0.193. The lowest BCUT2D eigenvalue weighted by molar-refractivity contribution is 0.196. The molecule has 22 heavy (non-hydrogen) atoms. The third kappa shape index (κ3) is 3.30. The number of hydrogen-bond donors (Lipinski definition) is 1. The Hall–Kier alpha value is -1.08. The van der Waals surface area contributed by atoms with E-state index in [0.29, 0.717) is 0 Å². The molecule has 1 aromatic heterocycles. The second-order valence-corrected chi connectivity index (χ2v) is 5.95. The van der Waals surface area contributed by atoms with Crippen LogP contribution in [0.25, 0.3) is 0 Å². The van der Waals surface area contributed by atoms with Crippen LogP contribution in [0.1, 0.15) is 16.5 Å². The lowest BCUT2D eigenvalue weighted by atomic mass is 10.0. The predicted octanol–water partition coefficient (Wildman–Crippen LogP) is 3.58. The van der Waals surface area contributed by atoms with Gasteiger partial charge in [-0.05, 0) is 17.5 Å². The molecule has 1 aliphatic heterocycles. The Kier molecular flexibility index (Phi) is 5.86. The van der Waals surface area contributed by atoms with Gasteiger partial charge in [0.25, 0.3) is 0 Å². The maximum absolute atomic E-state index is 14.2. The Labute approximate surface area is 137 Å². The lowest BCUT2D eigenvalue weighted by Crippen LogP contribution is -2.45. The fourth-order valence-electron chi connectivity index (χ4n) is 2.67. The molecule has 1 aliphatic rings. The quantitative estimate of drug-likeness (QED) is 0.853. The molecule has 1 saturated heterocycles. The standard InChI is InChI=1S/C15H15F3N2S.ClH/c16-11-4-3-10(13(17)14(11)18)15(12-2-1-9-21-12)20-7-5-19-6-8-20;/h1-4,9,15,19H,5-8H2;1H/t15-;/m0./s1. The largest absolute Gasteiger partial charge is 0.314 e. The molecule has 2 heterocycles. The zero-order valence-corrected chi connectivity index (χ0v) is 13.3. The van der Waals surface area contributed by atoms with Crippen molar-refractivity contribution in [3.8, 4) is 0 Å². The van der Waals surface area contributed by atoms with Gasteiger partial charge in [0, 0.05) is 36.6 Å². The van der Waals surface area contributed by atoms with Gasteiger partial charge in [-0.2, -0.15) is 0 Å². The van der Waals surface area contributed by atoms with Crippen LogP contribution in [0.15, 0.2) is 29.6 Å². The van der Waals surface area contributed by atoms with Crippen molar-refractivity contribution in [2.45, 2.75) is 6.04 Å². The van der Waals surface area contributed by atoms with Crippen LogP contribution in [0.3, 0.4) is 0 Å². The lowest BCUT2D eigenvalue weighted by Gasteiger charge is -2.34. The van der Waals surface area contributed by atoms with Crippen LogP contribution < -0.4 is 5.32 Å². The van der Waals surface area contributed by atoms with E-state index in [1.165, 1.54) is 17.4 Å². The van der Waals surface area contributed by atoms with Crippen LogP contribution >= 0.6 is 23.7 Å². The summed E-state index contributed by atoms with van der Waals surface area (Å²) in [4.78, 5) is 3.03.